The quantitative estimate of drug-likeness (QED) is 0.661. The highest BCUT2D eigenvalue weighted by molar-refractivity contribution is 6.33. The zero-order valence-corrected chi connectivity index (χ0v) is 12.3. The summed E-state index contributed by atoms with van der Waals surface area (Å²) in [4.78, 5) is 14.9. The van der Waals surface area contributed by atoms with Gasteiger partial charge in [0.2, 0.25) is 0 Å². The molecular formula is C13H19ClN4O2. The third kappa shape index (κ3) is 3.59. The van der Waals surface area contributed by atoms with Gasteiger partial charge in [0.1, 0.15) is 5.69 Å². The molecule has 1 fully saturated rings. The van der Waals surface area contributed by atoms with Gasteiger partial charge in [-0.25, -0.2) is 0 Å². The predicted molar refractivity (Wildman–Crippen MR) is 80.7 cm³/mol. The van der Waals surface area contributed by atoms with Crippen LogP contribution in [0.3, 0.4) is 0 Å². The highest BCUT2D eigenvalue weighted by Crippen LogP contribution is 2.34. The van der Waals surface area contributed by atoms with Gasteiger partial charge < -0.3 is 10.2 Å². The van der Waals surface area contributed by atoms with Crippen molar-refractivity contribution in [1.29, 1.82) is 0 Å². The second-order valence-electron chi connectivity index (χ2n) is 4.88. The van der Waals surface area contributed by atoms with E-state index in [2.05, 4.69) is 10.2 Å². The van der Waals surface area contributed by atoms with Gasteiger partial charge in [-0.1, -0.05) is 17.7 Å². The van der Waals surface area contributed by atoms with E-state index in [4.69, 9.17) is 11.6 Å². The van der Waals surface area contributed by atoms with E-state index in [0.717, 1.165) is 32.7 Å². The van der Waals surface area contributed by atoms with Crippen LogP contribution in [0.25, 0.3) is 0 Å². The SMILES string of the molecule is CN(CCN1CCNCC1)c1c(Cl)cccc1[N+](=O)[O-]. The number of anilines is 1. The van der Waals surface area contributed by atoms with Crippen LogP contribution in [0.4, 0.5) is 11.4 Å². The largest absolute Gasteiger partial charge is 0.367 e. The molecule has 0 unspecified atom stereocenters. The van der Waals surface area contributed by atoms with Crippen molar-refractivity contribution < 1.29 is 4.92 Å². The summed E-state index contributed by atoms with van der Waals surface area (Å²) >= 11 is 6.12. The summed E-state index contributed by atoms with van der Waals surface area (Å²) in [7, 11) is 1.84. The van der Waals surface area contributed by atoms with Crippen LogP contribution in [-0.4, -0.2) is 56.1 Å². The minimum atomic E-state index is -0.386. The van der Waals surface area contributed by atoms with Crippen molar-refractivity contribution in [2.24, 2.45) is 0 Å². The molecule has 0 bridgehead atoms. The number of nitrogens with zero attached hydrogens (tertiary/aromatic N) is 3. The highest BCUT2D eigenvalue weighted by atomic mass is 35.5. The van der Waals surface area contributed by atoms with Crippen LogP contribution >= 0.6 is 11.6 Å². The Hall–Kier alpha value is -1.37. The monoisotopic (exact) mass is 298 g/mol. The Kier molecular flexibility index (Phi) is 5.17. The molecule has 1 aromatic rings. The highest BCUT2D eigenvalue weighted by Gasteiger charge is 2.20. The summed E-state index contributed by atoms with van der Waals surface area (Å²) < 4.78 is 0. The summed E-state index contributed by atoms with van der Waals surface area (Å²) in [6.45, 7) is 5.61. The zero-order chi connectivity index (χ0) is 14.5. The van der Waals surface area contributed by atoms with Gasteiger partial charge in [0.25, 0.3) is 5.69 Å². The van der Waals surface area contributed by atoms with Gasteiger partial charge in [-0.2, -0.15) is 0 Å². The van der Waals surface area contributed by atoms with Crippen LogP contribution in [-0.2, 0) is 0 Å². The van der Waals surface area contributed by atoms with E-state index in [1.54, 1.807) is 12.1 Å². The van der Waals surface area contributed by atoms with Gasteiger partial charge in [-0.05, 0) is 6.07 Å². The molecule has 6 nitrogen and oxygen atoms in total. The number of para-hydroxylation sites is 1. The lowest BCUT2D eigenvalue weighted by Gasteiger charge is -2.29. The molecule has 0 aromatic heterocycles. The molecule has 0 amide bonds. The summed E-state index contributed by atoms with van der Waals surface area (Å²) in [6.07, 6.45) is 0. The Labute approximate surface area is 123 Å². The van der Waals surface area contributed by atoms with Crippen molar-refractivity contribution >= 4 is 23.0 Å². The van der Waals surface area contributed by atoms with Crippen molar-refractivity contribution in [2.75, 3.05) is 51.2 Å². The van der Waals surface area contributed by atoms with E-state index in [9.17, 15) is 10.1 Å². The standard InChI is InChI=1S/C13H19ClN4O2/c1-16(9-10-17-7-5-15-6-8-17)13-11(14)3-2-4-12(13)18(19)20/h2-4,15H,5-10H2,1H3. The lowest BCUT2D eigenvalue weighted by atomic mass is 10.2. The maximum Gasteiger partial charge on any atom is 0.294 e. The molecule has 1 saturated heterocycles. The number of nitro groups is 1. The first-order valence-corrected chi connectivity index (χ1v) is 7.04. The van der Waals surface area contributed by atoms with Crippen LogP contribution in [0.1, 0.15) is 0 Å². The van der Waals surface area contributed by atoms with Crippen molar-refractivity contribution in [3.63, 3.8) is 0 Å². The van der Waals surface area contributed by atoms with Gasteiger partial charge in [0.05, 0.1) is 9.95 Å². The summed E-state index contributed by atoms with van der Waals surface area (Å²) in [5.74, 6) is 0. The number of likely N-dealkylation sites (N-methyl/N-ethyl adjacent to an activating group) is 1. The summed E-state index contributed by atoms with van der Waals surface area (Å²) in [6, 6.07) is 4.78. The van der Waals surface area contributed by atoms with Gasteiger partial charge >= 0.3 is 0 Å². The summed E-state index contributed by atoms with van der Waals surface area (Å²) in [5.41, 5.74) is 0.551. The molecule has 1 heterocycles. The van der Waals surface area contributed by atoms with E-state index in [1.807, 2.05) is 11.9 Å². The molecule has 0 saturated carbocycles. The lowest BCUT2D eigenvalue weighted by Crippen LogP contribution is -2.46. The molecule has 110 valence electrons. The second-order valence-corrected chi connectivity index (χ2v) is 5.29. The predicted octanol–water partition coefficient (Wildman–Crippen LogP) is 1.59. The first-order valence-electron chi connectivity index (χ1n) is 6.66. The average Bonchev–Trinajstić information content (AvgIpc) is 2.45. The number of halogens is 1. The fraction of sp³-hybridized carbons (Fsp3) is 0.538. The fourth-order valence-corrected chi connectivity index (χ4v) is 2.68. The van der Waals surface area contributed by atoms with Crippen LogP contribution in [0.5, 0.6) is 0 Å². The van der Waals surface area contributed by atoms with Crippen LogP contribution < -0.4 is 10.2 Å². The van der Waals surface area contributed by atoms with Gasteiger partial charge in [-0.3, -0.25) is 15.0 Å². The topological polar surface area (TPSA) is 61.6 Å². The molecule has 0 aliphatic carbocycles. The fourth-order valence-electron chi connectivity index (χ4n) is 2.37. The molecule has 0 radical (unpaired) electrons. The molecule has 1 aliphatic rings. The van der Waals surface area contributed by atoms with E-state index >= 15 is 0 Å². The molecule has 20 heavy (non-hydrogen) atoms. The van der Waals surface area contributed by atoms with Gasteiger partial charge in [0, 0.05) is 52.4 Å². The van der Waals surface area contributed by atoms with Crippen molar-refractivity contribution in [2.45, 2.75) is 0 Å². The van der Waals surface area contributed by atoms with Gasteiger partial charge in [-0.15, -0.1) is 0 Å². The van der Waals surface area contributed by atoms with E-state index < -0.39 is 0 Å². The Morgan fingerprint density at radius 1 is 1.45 bits per heavy atom. The Morgan fingerprint density at radius 2 is 2.15 bits per heavy atom. The maximum absolute atomic E-state index is 11.1. The lowest BCUT2D eigenvalue weighted by molar-refractivity contribution is -0.384. The molecular weight excluding hydrogens is 280 g/mol. The van der Waals surface area contributed by atoms with Crippen molar-refractivity contribution in [1.82, 2.24) is 10.2 Å². The molecule has 0 spiro atoms. The summed E-state index contributed by atoms with van der Waals surface area (Å²) in [5, 5.41) is 14.8. The Morgan fingerprint density at radius 3 is 2.80 bits per heavy atom. The molecule has 0 atom stereocenters. The maximum atomic E-state index is 11.1. The third-order valence-corrected chi connectivity index (χ3v) is 3.81. The van der Waals surface area contributed by atoms with Crippen molar-refractivity contribution in [3.8, 4) is 0 Å². The second kappa shape index (κ2) is 6.88. The molecule has 7 heteroatoms. The van der Waals surface area contributed by atoms with Crippen LogP contribution in [0, 0.1) is 10.1 Å². The van der Waals surface area contributed by atoms with Crippen molar-refractivity contribution in [3.05, 3.63) is 33.3 Å². The smallest absolute Gasteiger partial charge is 0.294 e. The van der Waals surface area contributed by atoms with E-state index in [1.165, 1.54) is 6.07 Å². The number of hydrogen-bond acceptors (Lipinski definition) is 5. The number of rotatable bonds is 5. The molecule has 1 aromatic carbocycles. The number of piperazine rings is 1. The number of nitrogens with one attached hydrogen (secondary N) is 1. The normalized spacial score (nSPS) is 16.1. The zero-order valence-electron chi connectivity index (χ0n) is 11.5. The number of hydrogen-bond donors (Lipinski definition) is 1. The molecule has 1 N–H and O–H groups in total. The average molecular weight is 299 g/mol. The Balaban J connectivity index is 2.04. The van der Waals surface area contributed by atoms with Gasteiger partial charge in [0.15, 0.2) is 0 Å². The minimum absolute atomic E-state index is 0.0558. The first kappa shape index (κ1) is 15.0. The van der Waals surface area contributed by atoms with Crippen LogP contribution in [0.15, 0.2) is 18.2 Å². The number of nitro benzene ring substituents is 1. The number of benzene rings is 1. The molecule has 1 aliphatic heterocycles. The first-order chi connectivity index (χ1) is 9.59. The third-order valence-electron chi connectivity index (χ3n) is 3.51. The molecule has 2 rings (SSSR count). The van der Waals surface area contributed by atoms with E-state index in [-0.39, 0.29) is 10.6 Å². The Bertz CT molecular complexity index is 477. The van der Waals surface area contributed by atoms with Crippen LogP contribution in [0.2, 0.25) is 5.02 Å². The minimum Gasteiger partial charge on any atom is -0.367 e. The van der Waals surface area contributed by atoms with E-state index in [0.29, 0.717) is 17.3 Å².